The zero-order chi connectivity index (χ0) is 15.8. The molecule has 1 unspecified atom stereocenters. The van der Waals surface area contributed by atoms with E-state index in [0.29, 0.717) is 0 Å². The fourth-order valence-electron chi connectivity index (χ4n) is 2.66. The third kappa shape index (κ3) is 16.4. The monoisotopic (exact) mass is 409 g/mol. The molecule has 0 radical (unpaired) electrons. The van der Waals surface area contributed by atoms with E-state index in [2.05, 4.69) is 29.5 Å². The lowest BCUT2D eigenvalue weighted by Crippen LogP contribution is -2.22. The Kier molecular flexibility index (Phi) is 16.7. The van der Waals surface area contributed by atoms with Crippen molar-refractivity contribution in [3.63, 3.8) is 0 Å². The summed E-state index contributed by atoms with van der Waals surface area (Å²) >= 11 is 2.15. The molecule has 0 aliphatic carbocycles. The van der Waals surface area contributed by atoms with Gasteiger partial charge in [0.1, 0.15) is 0 Å². The second-order valence-electron chi connectivity index (χ2n) is 6.25. The fourth-order valence-corrected chi connectivity index (χ4v) is 3.10. The summed E-state index contributed by atoms with van der Waals surface area (Å²) < 4.78 is 0.0277. The number of amides is 1. The van der Waals surface area contributed by atoms with Crippen molar-refractivity contribution in [2.24, 2.45) is 5.73 Å². The van der Waals surface area contributed by atoms with Crippen LogP contribution in [0.3, 0.4) is 0 Å². The van der Waals surface area contributed by atoms with Crippen LogP contribution in [0.15, 0.2) is 0 Å². The van der Waals surface area contributed by atoms with Crippen LogP contribution in [0.25, 0.3) is 0 Å². The number of hydrogen-bond donors (Lipinski definition) is 1. The van der Waals surface area contributed by atoms with E-state index in [4.69, 9.17) is 5.73 Å². The molecule has 0 heterocycles. The Morgan fingerprint density at radius 1 is 0.762 bits per heavy atom. The van der Waals surface area contributed by atoms with Gasteiger partial charge in [0, 0.05) is 0 Å². The van der Waals surface area contributed by atoms with Crippen molar-refractivity contribution in [3.05, 3.63) is 0 Å². The molecule has 0 aliphatic heterocycles. The van der Waals surface area contributed by atoms with E-state index in [-0.39, 0.29) is 9.83 Å². The molecule has 0 spiro atoms. The molecule has 0 rings (SSSR count). The average Bonchev–Trinajstić information content (AvgIpc) is 2.47. The molecule has 0 aliphatic rings. The summed E-state index contributed by atoms with van der Waals surface area (Å²) in [6.45, 7) is 2.28. The van der Waals surface area contributed by atoms with Gasteiger partial charge in [0.2, 0.25) is 5.91 Å². The quantitative estimate of drug-likeness (QED) is 0.186. The topological polar surface area (TPSA) is 43.1 Å². The normalized spacial score (nSPS) is 12.5. The van der Waals surface area contributed by atoms with Crippen molar-refractivity contribution < 1.29 is 4.79 Å². The average molecular weight is 409 g/mol. The molecule has 1 amide bonds. The SMILES string of the molecule is CCCCCCCCCCCCCCCCC(I)C(N)=O. The Hall–Kier alpha value is 0.200. The molecule has 0 aromatic carbocycles. The molecular weight excluding hydrogens is 373 g/mol. The molecule has 0 aromatic rings. The Morgan fingerprint density at radius 3 is 1.43 bits per heavy atom. The first-order valence-corrected chi connectivity index (χ1v) is 10.4. The molecule has 126 valence electrons. The van der Waals surface area contributed by atoms with Crippen LogP contribution in [-0.4, -0.2) is 9.83 Å². The van der Waals surface area contributed by atoms with Crippen LogP contribution in [-0.2, 0) is 4.79 Å². The summed E-state index contributed by atoms with van der Waals surface area (Å²) in [7, 11) is 0. The smallest absolute Gasteiger partial charge is 0.230 e. The summed E-state index contributed by atoms with van der Waals surface area (Å²) in [6.07, 6.45) is 20.2. The number of hydrogen-bond acceptors (Lipinski definition) is 1. The Morgan fingerprint density at radius 2 is 1.10 bits per heavy atom. The zero-order valence-electron chi connectivity index (χ0n) is 14.0. The van der Waals surface area contributed by atoms with Gasteiger partial charge in [-0.2, -0.15) is 0 Å². The second kappa shape index (κ2) is 16.6. The zero-order valence-corrected chi connectivity index (χ0v) is 16.2. The minimum atomic E-state index is -0.162. The van der Waals surface area contributed by atoms with Crippen LogP contribution in [0.2, 0.25) is 0 Å². The lowest BCUT2D eigenvalue weighted by molar-refractivity contribution is -0.117. The van der Waals surface area contributed by atoms with Gasteiger partial charge in [0.25, 0.3) is 0 Å². The van der Waals surface area contributed by atoms with Crippen molar-refractivity contribution >= 4 is 28.5 Å². The van der Waals surface area contributed by atoms with E-state index in [0.717, 1.165) is 12.8 Å². The third-order valence-electron chi connectivity index (χ3n) is 4.12. The van der Waals surface area contributed by atoms with Gasteiger partial charge >= 0.3 is 0 Å². The highest BCUT2D eigenvalue weighted by atomic mass is 127. The van der Waals surface area contributed by atoms with Gasteiger partial charge in [-0.3, -0.25) is 4.79 Å². The first-order valence-electron chi connectivity index (χ1n) is 9.12. The predicted molar refractivity (Wildman–Crippen MR) is 102 cm³/mol. The number of nitrogens with two attached hydrogens (primary N) is 1. The molecule has 0 saturated carbocycles. The number of alkyl halides is 1. The predicted octanol–water partition coefficient (Wildman–Crippen LogP) is 6.15. The highest BCUT2D eigenvalue weighted by Crippen LogP contribution is 2.15. The number of halogens is 1. The van der Waals surface area contributed by atoms with Gasteiger partial charge in [-0.05, 0) is 6.42 Å². The van der Waals surface area contributed by atoms with E-state index in [1.807, 2.05) is 0 Å². The molecule has 0 aromatic heterocycles. The van der Waals surface area contributed by atoms with Crippen molar-refractivity contribution in [1.82, 2.24) is 0 Å². The first kappa shape index (κ1) is 21.2. The molecule has 1 atom stereocenters. The highest BCUT2D eigenvalue weighted by molar-refractivity contribution is 14.1. The number of unbranched alkanes of at least 4 members (excludes halogenated alkanes) is 13. The van der Waals surface area contributed by atoms with E-state index in [1.165, 1.54) is 83.5 Å². The molecule has 2 N–H and O–H groups in total. The molecule has 0 saturated heterocycles. The Labute approximate surface area is 146 Å². The minimum absolute atomic E-state index is 0.0277. The van der Waals surface area contributed by atoms with Crippen molar-refractivity contribution in [1.29, 1.82) is 0 Å². The lowest BCUT2D eigenvalue weighted by atomic mass is 10.0. The first-order chi connectivity index (χ1) is 10.2. The number of carbonyl (C=O) groups is 1. The largest absolute Gasteiger partial charge is 0.369 e. The third-order valence-corrected chi connectivity index (χ3v) is 5.36. The van der Waals surface area contributed by atoms with Crippen molar-refractivity contribution in [2.75, 3.05) is 0 Å². The number of carbonyl (C=O) groups excluding carboxylic acids is 1. The van der Waals surface area contributed by atoms with Crippen LogP contribution in [0.1, 0.15) is 103 Å². The maximum absolute atomic E-state index is 10.9. The van der Waals surface area contributed by atoms with E-state index in [9.17, 15) is 4.79 Å². The summed E-state index contributed by atoms with van der Waals surface area (Å²) in [5.41, 5.74) is 5.24. The molecule has 3 heteroatoms. The van der Waals surface area contributed by atoms with Gasteiger partial charge in [-0.25, -0.2) is 0 Å². The number of primary amides is 1. The van der Waals surface area contributed by atoms with Gasteiger partial charge in [-0.1, -0.05) is 119 Å². The Bertz CT molecular complexity index is 233. The van der Waals surface area contributed by atoms with Gasteiger partial charge in [0.15, 0.2) is 0 Å². The summed E-state index contributed by atoms with van der Waals surface area (Å²) in [4.78, 5) is 10.9. The van der Waals surface area contributed by atoms with Crippen LogP contribution < -0.4 is 5.73 Å². The summed E-state index contributed by atoms with van der Waals surface area (Å²) in [5.74, 6) is -0.162. The molecule has 0 fully saturated rings. The highest BCUT2D eigenvalue weighted by Gasteiger charge is 2.08. The Balaban J connectivity index is 3.04. The van der Waals surface area contributed by atoms with Crippen LogP contribution in [0.5, 0.6) is 0 Å². The lowest BCUT2D eigenvalue weighted by Gasteiger charge is -2.05. The van der Waals surface area contributed by atoms with Crippen LogP contribution >= 0.6 is 22.6 Å². The molecule has 2 nitrogen and oxygen atoms in total. The van der Waals surface area contributed by atoms with Crippen molar-refractivity contribution in [2.45, 2.75) is 107 Å². The maximum atomic E-state index is 10.9. The van der Waals surface area contributed by atoms with Gasteiger partial charge < -0.3 is 5.73 Å². The van der Waals surface area contributed by atoms with Gasteiger partial charge in [0.05, 0.1) is 3.92 Å². The van der Waals surface area contributed by atoms with Gasteiger partial charge in [-0.15, -0.1) is 0 Å². The van der Waals surface area contributed by atoms with Crippen LogP contribution in [0.4, 0.5) is 0 Å². The second-order valence-corrected chi connectivity index (χ2v) is 7.76. The molecule has 0 bridgehead atoms. The van der Waals surface area contributed by atoms with Crippen molar-refractivity contribution in [3.8, 4) is 0 Å². The fraction of sp³-hybridized carbons (Fsp3) is 0.944. The van der Waals surface area contributed by atoms with E-state index in [1.54, 1.807) is 0 Å². The molecule has 21 heavy (non-hydrogen) atoms. The standard InChI is InChI=1S/C18H36INO/c1-2-3-4-5-6-7-8-9-10-11-12-13-14-15-16-17(19)18(20)21/h17H,2-16H2,1H3,(H2,20,21). The molecular formula is C18H36INO. The number of rotatable bonds is 16. The maximum Gasteiger partial charge on any atom is 0.230 e. The van der Waals surface area contributed by atoms with E-state index < -0.39 is 0 Å². The van der Waals surface area contributed by atoms with Crippen LogP contribution in [0, 0.1) is 0 Å². The summed E-state index contributed by atoms with van der Waals surface area (Å²) in [6, 6.07) is 0. The van der Waals surface area contributed by atoms with E-state index >= 15 is 0 Å². The summed E-state index contributed by atoms with van der Waals surface area (Å²) in [5, 5.41) is 0. The minimum Gasteiger partial charge on any atom is -0.369 e.